The summed E-state index contributed by atoms with van der Waals surface area (Å²) in [5.41, 5.74) is 8.08. The summed E-state index contributed by atoms with van der Waals surface area (Å²) < 4.78 is 0. The number of para-hydroxylation sites is 2. The minimum Gasteiger partial charge on any atom is -0.333 e. The van der Waals surface area contributed by atoms with Crippen molar-refractivity contribution >= 4 is 32.5 Å². The Morgan fingerprint density at radius 3 is 2.25 bits per heavy atom. The molecule has 1 nitrogen and oxygen atoms in total. The predicted octanol–water partition coefficient (Wildman–Crippen LogP) is 11.8. The molecule has 44 heavy (non-hydrogen) atoms. The van der Waals surface area contributed by atoms with E-state index in [0.717, 1.165) is 32.1 Å². The van der Waals surface area contributed by atoms with Gasteiger partial charge >= 0.3 is 0 Å². The molecule has 0 fully saturated rings. The van der Waals surface area contributed by atoms with E-state index < -0.39 is 10.0 Å². The van der Waals surface area contributed by atoms with Crippen molar-refractivity contribution in [3.63, 3.8) is 0 Å². The topological polar surface area (TPSA) is 3.24 Å². The van der Waals surface area contributed by atoms with E-state index in [0.29, 0.717) is 0 Å². The second kappa shape index (κ2) is 11.5. The van der Waals surface area contributed by atoms with Crippen LogP contribution in [0, 0.1) is 0 Å². The third kappa shape index (κ3) is 4.40. The number of hydrogen-bond acceptors (Lipinski definition) is 1. The van der Waals surface area contributed by atoms with Crippen LogP contribution in [-0.2, 0) is 0 Å². The molecule has 0 saturated heterocycles. The molecule has 8 rings (SSSR count). The van der Waals surface area contributed by atoms with Gasteiger partial charge in [-0.25, -0.2) is 0 Å². The molecule has 0 bridgehead atoms. The molecule has 4 aromatic carbocycles. The molecule has 1 heterocycles. The standard InChI is InChI=1S/C42H37NS/c1-5-17-32(18-6-1)33-19-15-26-37(31-33)44(35-22-9-3-10-23-35,36-24-11-4-12-25-36)41-30-16-29-40-42(41)38-27-13-14-28-39(38)43(40)34-20-7-2-8-21-34/h2-5,7-11,13-24,26-28,30-31,40H,1,6,12,25,29H2. The number of rotatable bonds is 6. The molecule has 2 heteroatoms. The first-order valence-corrected chi connectivity index (χ1v) is 17.5. The van der Waals surface area contributed by atoms with Crippen LogP contribution >= 0.6 is 10.0 Å². The van der Waals surface area contributed by atoms with Crippen molar-refractivity contribution in [3.8, 4) is 0 Å². The lowest BCUT2D eigenvalue weighted by molar-refractivity contribution is 0.828. The number of fused-ring (bicyclic) bond motifs is 3. The first-order valence-electron chi connectivity index (χ1n) is 15.9. The molecule has 2 unspecified atom stereocenters. The van der Waals surface area contributed by atoms with Crippen LogP contribution in [0.25, 0.3) is 11.1 Å². The average molecular weight is 588 g/mol. The van der Waals surface area contributed by atoms with Gasteiger partial charge in [0.05, 0.1) is 6.04 Å². The molecule has 0 N–H and O–H groups in total. The van der Waals surface area contributed by atoms with Gasteiger partial charge in [-0.1, -0.05) is 115 Å². The summed E-state index contributed by atoms with van der Waals surface area (Å²) in [6, 6.07) is 41.3. The Hall–Kier alpha value is -4.53. The zero-order valence-electron chi connectivity index (χ0n) is 25.0. The Kier molecular flexibility index (Phi) is 7.08. The smallest absolute Gasteiger partial charge is 0.0643 e. The van der Waals surface area contributed by atoms with Crippen LogP contribution in [0.1, 0.15) is 43.2 Å². The van der Waals surface area contributed by atoms with Crippen molar-refractivity contribution in [1.82, 2.24) is 0 Å². The van der Waals surface area contributed by atoms with Gasteiger partial charge < -0.3 is 4.90 Å². The molecule has 4 aliphatic rings. The van der Waals surface area contributed by atoms with Crippen LogP contribution < -0.4 is 4.90 Å². The highest BCUT2D eigenvalue weighted by Gasteiger charge is 2.44. The summed E-state index contributed by atoms with van der Waals surface area (Å²) in [4.78, 5) is 8.45. The van der Waals surface area contributed by atoms with Gasteiger partial charge in [-0.15, -0.1) is 10.0 Å². The minimum atomic E-state index is -1.80. The van der Waals surface area contributed by atoms with Crippen molar-refractivity contribution in [1.29, 1.82) is 0 Å². The zero-order chi connectivity index (χ0) is 29.3. The Morgan fingerprint density at radius 1 is 0.659 bits per heavy atom. The Balaban J connectivity index is 1.46. The summed E-state index contributed by atoms with van der Waals surface area (Å²) in [6.07, 6.45) is 24.4. The molecule has 0 saturated carbocycles. The molecule has 0 aromatic heterocycles. The second-order valence-corrected chi connectivity index (χ2v) is 15.0. The van der Waals surface area contributed by atoms with E-state index in [4.69, 9.17) is 0 Å². The van der Waals surface area contributed by atoms with Gasteiger partial charge in [-0.2, -0.15) is 0 Å². The molecule has 3 aliphatic carbocycles. The fraction of sp³-hybridized carbons (Fsp3) is 0.143. The Morgan fingerprint density at radius 2 is 1.45 bits per heavy atom. The highest BCUT2D eigenvalue weighted by molar-refractivity contribution is 8.40. The van der Waals surface area contributed by atoms with E-state index in [-0.39, 0.29) is 6.04 Å². The minimum absolute atomic E-state index is 0.247. The van der Waals surface area contributed by atoms with Crippen LogP contribution in [0.5, 0.6) is 0 Å². The zero-order valence-corrected chi connectivity index (χ0v) is 25.8. The summed E-state index contributed by atoms with van der Waals surface area (Å²) in [6.45, 7) is 0. The number of hydrogen-bond donors (Lipinski definition) is 0. The largest absolute Gasteiger partial charge is 0.333 e. The first kappa shape index (κ1) is 27.0. The average Bonchev–Trinajstić information content (AvgIpc) is 3.45. The third-order valence-electron chi connectivity index (χ3n) is 9.34. The van der Waals surface area contributed by atoms with Gasteiger partial charge in [0.15, 0.2) is 0 Å². The van der Waals surface area contributed by atoms with Crippen molar-refractivity contribution in [2.24, 2.45) is 0 Å². The SMILES string of the molecule is C1=CCCC(S(C2=C3c4ccccc4N(c4ccccc4)C3CC=C2)(c2ccccc2)c2cccc(C3=CCCC=C3)c2)=C1. The quantitative estimate of drug-likeness (QED) is 0.217. The van der Waals surface area contributed by atoms with E-state index in [1.807, 2.05) is 0 Å². The number of nitrogens with zero attached hydrogens (tertiary/aromatic N) is 1. The lowest BCUT2D eigenvalue weighted by atomic mass is 9.95. The van der Waals surface area contributed by atoms with Crippen molar-refractivity contribution in [3.05, 3.63) is 179 Å². The summed E-state index contributed by atoms with van der Waals surface area (Å²) in [7, 11) is -1.80. The Bertz CT molecular complexity index is 1890. The van der Waals surface area contributed by atoms with Crippen molar-refractivity contribution < 1.29 is 0 Å². The normalized spacial score (nSPS) is 20.8. The van der Waals surface area contributed by atoms with Crippen molar-refractivity contribution in [2.75, 3.05) is 4.90 Å². The monoisotopic (exact) mass is 587 g/mol. The van der Waals surface area contributed by atoms with Crippen LogP contribution in [-0.4, -0.2) is 6.04 Å². The first-order chi connectivity index (χ1) is 21.9. The molecule has 216 valence electrons. The number of allylic oxidation sites excluding steroid dienone is 9. The fourth-order valence-electron chi connectivity index (χ4n) is 7.46. The molecule has 0 radical (unpaired) electrons. The molecule has 1 aliphatic heterocycles. The van der Waals surface area contributed by atoms with E-state index in [1.54, 1.807) is 4.91 Å². The van der Waals surface area contributed by atoms with E-state index in [9.17, 15) is 0 Å². The van der Waals surface area contributed by atoms with Gasteiger partial charge in [0.2, 0.25) is 0 Å². The summed E-state index contributed by atoms with van der Waals surface area (Å²) in [5, 5.41) is 0. The summed E-state index contributed by atoms with van der Waals surface area (Å²) >= 11 is 0. The van der Waals surface area contributed by atoms with E-state index in [1.165, 1.54) is 48.3 Å². The maximum Gasteiger partial charge on any atom is 0.0643 e. The Labute approximate surface area is 263 Å². The van der Waals surface area contributed by atoms with Gasteiger partial charge in [0.25, 0.3) is 0 Å². The van der Waals surface area contributed by atoms with Gasteiger partial charge in [0.1, 0.15) is 0 Å². The maximum absolute atomic E-state index is 2.59. The lowest BCUT2D eigenvalue weighted by Crippen LogP contribution is -2.28. The van der Waals surface area contributed by atoms with Crippen LogP contribution in [0.15, 0.2) is 177 Å². The molecule has 0 amide bonds. The fourth-order valence-corrected chi connectivity index (χ4v) is 11.9. The van der Waals surface area contributed by atoms with Crippen LogP contribution in [0.2, 0.25) is 0 Å². The van der Waals surface area contributed by atoms with E-state index in [2.05, 4.69) is 163 Å². The molecule has 0 spiro atoms. The lowest BCUT2D eigenvalue weighted by Gasteiger charge is -2.47. The van der Waals surface area contributed by atoms with E-state index >= 15 is 0 Å². The molecule has 4 aromatic rings. The van der Waals surface area contributed by atoms with Gasteiger partial charge in [0, 0.05) is 31.6 Å². The predicted molar refractivity (Wildman–Crippen MR) is 189 cm³/mol. The highest BCUT2D eigenvalue weighted by atomic mass is 32.3. The highest BCUT2D eigenvalue weighted by Crippen LogP contribution is 2.77. The molecular formula is C42H37NS. The van der Waals surface area contributed by atoms with Crippen LogP contribution in [0.4, 0.5) is 11.4 Å². The van der Waals surface area contributed by atoms with Gasteiger partial charge in [-0.3, -0.25) is 0 Å². The second-order valence-electron chi connectivity index (χ2n) is 11.8. The van der Waals surface area contributed by atoms with Crippen LogP contribution in [0.3, 0.4) is 0 Å². The molecule has 2 atom stereocenters. The summed E-state index contributed by atoms with van der Waals surface area (Å²) in [5.74, 6) is 0. The maximum atomic E-state index is 2.59. The van der Waals surface area contributed by atoms with Gasteiger partial charge in [-0.05, 0) is 96.2 Å². The van der Waals surface area contributed by atoms with Crippen molar-refractivity contribution in [2.45, 2.75) is 47.9 Å². The number of anilines is 2. The third-order valence-corrected chi connectivity index (χ3v) is 13.4. The number of benzene rings is 4. The molecular weight excluding hydrogens is 551 g/mol.